The molecule has 3 atom stereocenters. The van der Waals surface area contributed by atoms with Crippen LogP contribution >= 0.6 is 23.1 Å². The van der Waals surface area contributed by atoms with Crippen LogP contribution in [0.2, 0.25) is 0 Å². The Hall–Kier alpha value is -2.45. The highest BCUT2D eigenvalue weighted by Crippen LogP contribution is 2.51. The minimum Gasteiger partial charge on any atom is -0.377 e. The first-order valence-electron chi connectivity index (χ1n) is 10.3. The van der Waals surface area contributed by atoms with Crippen LogP contribution in [-0.4, -0.2) is 58.8 Å². The number of likely N-dealkylation sites (tertiary alicyclic amines) is 1. The lowest BCUT2D eigenvalue weighted by atomic mass is 10.1. The van der Waals surface area contributed by atoms with Gasteiger partial charge in [0.15, 0.2) is 0 Å². The molecule has 0 aliphatic carbocycles. The lowest BCUT2D eigenvalue weighted by Gasteiger charge is -2.17. The average Bonchev–Trinajstić information content (AvgIpc) is 3.49. The van der Waals surface area contributed by atoms with Gasteiger partial charge in [-0.3, -0.25) is 4.79 Å². The molecule has 0 spiro atoms. The number of aromatic nitrogens is 2. The van der Waals surface area contributed by atoms with E-state index in [2.05, 4.69) is 20.8 Å². The first-order valence-corrected chi connectivity index (χ1v) is 11.9. The highest BCUT2D eigenvalue weighted by Gasteiger charge is 2.36. The molecule has 0 radical (unpaired) electrons. The number of carbonyl (C=O) groups is 1. The van der Waals surface area contributed by atoms with Gasteiger partial charge in [0.2, 0.25) is 17.6 Å². The topological polar surface area (TPSA) is 83.3 Å². The molecule has 2 fully saturated rings. The zero-order valence-electron chi connectivity index (χ0n) is 17.6. The maximum Gasteiger partial charge on any atom is 0.446 e. The molecule has 1 amide bonds. The number of rotatable bonds is 5. The van der Waals surface area contributed by atoms with Crippen LogP contribution in [0.3, 0.4) is 0 Å². The number of nitrogens with zero attached hydrogens (tertiary/aromatic N) is 3. The average molecular weight is 520 g/mol. The zero-order chi connectivity index (χ0) is 24.2. The molecule has 3 aromatic rings. The molecule has 7 nitrogen and oxygen atoms in total. The first-order chi connectivity index (χ1) is 16.1. The Bertz CT molecular complexity index is 1250. The Morgan fingerprint density at radius 3 is 2.76 bits per heavy atom. The van der Waals surface area contributed by atoms with Gasteiger partial charge >= 0.3 is 5.51 Å². The second-order valence-corrected chi connectivity index (χ2v) is 10.3. The standard InChI is InChI=1S/C20H18F5N5O2S2/c1-30-6-10(22)13(7-30)26-12-5-8(21)4-9-15(12)33-17(16(9)34-20(23,24)25)18-28-19(32-29-18)11-2-3-14(31)27-11/h4-5,10-11,13,26H,2-3,6-7H2,1H3,(H,27,31)/t10-,11+,13+/m0/s1. The number of alkyl halides is 4. The molecule has 0 saturated carbocycles. The van der Waals surface area contributed by atoms with Gasteiger partial charge in [0.05, 0.1) is 21.3 Å². The number of hydrogen-bond acceptors (Lipinski definition) is 8. The van der Waals surface area contributed by atoms with Gasteiger partial charge in [-0.15, -0.1) is 11.3 Å². The van der Waals surface area contributed by atoms with Gasteiger partial charge < -0.3 is 20.1 Å². The molecule has 2 N–H and O–H groups in total. The number of hydrogen-bond donors (Lipinski definition) is 2. The first kappa shape index (κ1) is 23.3. The van der Waals surface area contributed by atoms with E-state index in [-0.39, 0.29) is 51.4 Å². The number of anilines is 1. The maximum atomic E-state index is 14.5. The normalized spacial score (nSPS) is 23.7. The van der Waals surface area contributed by atoms with Crippen molar-refractivity contribution in [1.82, 2.24) is 20.4 Å². The van der Waals surface area contributed by atoms with Gasteiger partial charge in [0, 0.05) is 29.8 Å². The number of halogens is 5. The third kappa shape index (κ3) is 4.58. The van der Waals surface area contributed by atoms with Crippen molar-refractivity contribution in [2.75, 3.05) is 25.5 Å². The second-order valence-electron chi connectivity index (χ2n) is 8.24. The molecule has 182 valence electrons. The number of thioether (sulfide) groups is 1. The molecule has 2 aliphatic heterocycles. The Labute approximate surface area is 198 Å². The summed E-state index contributed by atoms with van der Waals surface area (Å²) in [4.78, 5) is 17.3. The third-order valence-corrected chi connectivity index (χ3v) is 7.86. The van der Waals surface area contributed by atoms with Crippen LogP contribution in [0.25, 0.3) is 20.8 Å². The Morgan fingerprint density at radius 1 is 1.32 bits per heavy atom. The van der Waals surface area contributed by atoms with E-state index >= 15 is 0 Å². The summed E-state index contributed by atoms with van der Waals surface area (Å²) in [5.41, 5.74) is -4.46. The fourth-order valence-corrected chi connectivity index (χ4v) is 6.25. The summed E-state index contributed by atoms with van der Waals surface area (Å²) in [5, 5.41) is 9.48. The molecule has 2 aromatic heterocycles. The number of benzene rings is 1. The number of fused-ring (bicyclic) bond motifs is 1. The molecule has 1 aromatic carbocycles. The van der Waals surface area contributed by atoms with E-state index in [1.165, 1.54) is 0 Å². The Morgan fingerprint density at radius 2 is 2.12 bits per heavy atom. The van der Waals surface area contributed by atoms with Gasteiger partial charge in [0.25, 0.3) is 0 Å². The number of likely N-dealkylation sites (N-methyl/N-ethyl adjacent to an activating group) is 1. The van der Waals surface area contributed by atoms with Gasteiger partial charge in [0.1, 0.15) is 18.0 Å². The van der Waals surface area contributed by atoms with Crippen molar-refractivity contribution in [3.63, 3.8) is 0 Å². The van der Waals surface area contributed by atoms with Crippen LogP contribution < -0.4 is 10.6 Å². The van der Waals surface area contributed by atoms with E-state index in [0.717, 1.165) is 23.5 Å². The Balaban J connectivity index is 1.59. The van der Waals surface area contributed by atoms with Gasteiger partial charge in [-0.05, 0) is 37.4 Å². The van der Waals surface area contributed by atoms with E-state index in [4.69, 9.17) is 4.52 Å². The molecule has 4 heterocycles. The zero-order valence-corrected chi connectivity index (χ0v) is 19.2. The van der Waals surface area contributed by atoms with Crippen molar-refractivity contribution >= 4 is 44.8 Å². The summed E-state index contributed by atoms with van der Waals surface area (Å²) in [6.45, 7) is 0.563. The van der Waals surface area contributed by atoms with Crippen molar-refractivity contribution in [3.05, 3.63) is 23.8 Å². The molecular weight excluding hydrogens is 501 g/mol. The van der Waals surface area contributed by atoms with Crippen LogP contribution in [0.1, 0.15) is 24.8 Å². The molecular formula is C20H18F5N5O2S2. The Kier molecular flexibility index (Phi) is 5.92. The van der Waals surface area contributed by atoms with Crippen molar-refractivity contribution in [2.45, 2.75) is 41.5 Å². The lowest BCUT2D eigenvalue weighted by molar-refractivity contribution is -0.119. The number of nitrogens with one attached hydrogen (secondary N) is 2. The van der Waals surface area contributed by atoms with E-state index < -0.39 is 41.3 Å². The fourth-order valence-electron chi connectivity index (χ4n) is 4.17. The molecule has 34 heavy (non-hydrogen) atoms. The minimum absolute atomic E-state index is 0.0205. The van der Waals surface area contributed by atoms with E-state index in [1.807, 2.05) is 0 Å². The van der Waals surface area contributed by atoms with Gasteiger partial charge in [-0.25, -0.2) is 8.78 Å². The number of carbonyl (C=O) groups excluding carboxylic acids is 1. The van der Waals surface area contributed by atoms with Crippen molar-refractivity contribution in [1.29, 1.82) is 0 Å². The quantitative estimate of drug-likeness (QED) is 0.373. The van der Waals surface area contributed by atoms with E-state index in [1.54, 1.807) is 11.9 Å². The molecule has 14 heteroatoms. The van der Waals surface area contributed by atoms with Crippen molar-refractivity contribution in [3.8, 4) is 10.7 Å². The summed E-state index contributed by atoms with van der Waals surface area (Å²) in [6, 6.07) is 1.01. The summed E-state index contributed by atoms with van der Waals surface area (Å²) in [6.07, 6.45) is -0.509. The summed E-state index contributed by atoms with van der Waals surface area (Å²) >= 11 is 0.540. The smallest absolute Gasteiger partial charge is 0.377 e. The molecule has 2 saturated heterocycles. The van der Waals surface area contributed by atoms with Crippen molar-refractivity contribution < 1.29 is 31.3 Å². The van der Waals surface area contributed by atoms with E-state index in [0.29, 0.717) is 17.7 Å². The van der Waals surface area contributed by atoms with Crippen LogP contribution in [-0.2, 0) is 4.79 Å². The number of thiophene rings is 1. The third-order valence-electron chi connectivity index (χ3n) is 5.64. The largest absolute Gasteiger partial charge is 0.446 e. The number of amides is 1. The predicted molar refractivity (Wildman–Crippen MR) is 117 cm³/mol. The molecule has 0 bridgehead atoms. The van der Waals surface area contributed by atoms with Crippen LogP contribution in [0.4, 0.5) is 27.6 Å². The van der Waals surface area contributed by atoms with Crippen LogP contribution in [0.15, 0.2) is 21.6 Å². The van der Waals surface area contributed by atoms with Gasteiger partial charge in [-0.1, -0.05) is 5.16 Å². The molecule has 5 rings (SSSR count). The minimum atomic E-state index is -4.66. The highest BCUT2D eigenvalue weighted by molar-refractivity contribution is 8.00. The van der Waals surface area contributed by atoms with Crippen LogP contribution in [0, 0.1) is 5.82 Å². The monoisotopic (exact) mass is 519 g/mol. The maximum absolute atomic E-state index is 14.5. The summed E-state index contributed by atoms with van der Waals surface area (Å²) in [5.74, 6) is -0.957. The summed E-state index contributed by atoms with van der Waals surface area (Å²) in [7, 11) is 1.75. The van der Waals surface area contributed by atoms with Gasteiger partial charge in [-0.2, -0.15) is 18.2 Å². The fraction of sp³-hybridized carbons (Fsp3) is 0.450. The SMILES string of the molecule is CN1C[C@H](F)[C@H](Nc2cc(F)cc3c(SC(F)(F)F)c(-c4noc([C@H]5CCC(=O)N5)n4)sc23)C1. The summed E-state index contributed by atoms with van der Waals surface area (Å²) < 4.78 is 74.8. The second kappa shape index (κ2) is 8.64. The van der Waals surface area contributed by atoms with E-state index in [9.17, 15) is 26.7 Å². The highest BCUT2D eigenvalue weighted by atomic mass is 32.2. The lowest BCUT2D eigenvalue weighted by Crippen LogP contribution is -2.29. The van der Waals surface area contributed by atoms with Crippen molar-refractivity contribution in [2.24, 2.45) is 0 Å². The van der Waals surface area contributed by atoms with Crippen LogP contribution in [0.5, 0.6) is 0 Å². The molecule has 0 unspecified atom stereocenters. The predicted octanol–water partition coefficient (Wildman–Crippen LogP) is 4.72. The molecule has 2 aliphatic rings.